The number of ether oxygens (including phenoxy) is 1. The predicted molar refractivity (Wildman–Crippen MR) is 47.0 cm³/mol. The van der Waals surface area contributed by atoms with Crippen LogP contribution in [0.15, 0.2) is 0 Å². The minimum absolute atomic E-state index is 0. The van der Waals surface area contributed by atoms with E-state index >= 15 is 0 Å². The Bertz CT molecular complexity index is 129. The maximum Gasteiger partial charge on any atom is 0.0833 e. The van der Waals surface area contributed by atoms with Crippen LogP contribution in [0.2, 0.25) is 0 Å². The van der Waals surface area contributed by atoms with Gasteiger partial charge in [0.05, 0.1) is 5.60 Å². The largest absolute Gasteiger partial charge is 0.373 e. The standard InChI is InChI=1S/C8H15NO.ClH/c9-7-3-1-4-8(7)5-2-6-10-8;/h7H,1-6,9H2;1H/t7-,8+;/m1./s1. The van der Waals surface area contributed by atoms with Crippen molar-refractivity contribution in [3.05, 3.63) is 0 Å². The van der Waals surface area contributed by atoms with Gasteiger partial charge in [0, 0.05) is 12.6 Å². The van der Waals surface area contributed by atoms with E-state index in [9.17, 15) is 0 Å². The lowest BCUT2D eigenvalue weighted by atomic mass is 9.95. The molecular weight excluding hydrogens is 162 g/mol. The third kappa shape index (κ3) is 1.40. The van der Waals surface area contributed by atoms with Crippen molar-refractivity contribution in [3.8, 4) is 0 Å². The van der Waals surface area contributed by atoms with Gasteiger partial charge in [0.2, 0.25) is 0 Å². The van der Waals surface area contributed by atoms with Crippen LogP contribution in [-0.2, 0) is 4.74 Å². The van der Waals surface area contributed by atoms with Crippen molar-refractivity contribution in [2.45, 2.75) is 43.7 Å². The van der Waals surface area contributed by atoms with Crippen molar-refractivity contribution in [2.24, 2.45) is 5.73 Å². The second kappa shape index (κ2) is 3.30. The lowest BCUT2D eigenvalue weighted by Gasteiger charge is -2.27. The molecule has 2 rings (SSSR count). The summed E-state index contributed by atoms with van der Waals surface area (Å²) < 4.78 is 5.69. The van der Waals surface area contributed by atoms with Gasteiger partial charge in [-0.3, -0.25) is 0 Å². The molecule has 1 aliphatic heterocycles. The molecule has 0 bridgehead atoms. The van der Waals surface area contributed by atoms with Crippen molar-refractivity contribution >= 4 is 12.4 Å². The number of hydrogen-bond donors (Lipinski definition) is 1. The molecule has 1 heterocycles. The van der Waals surface area contributed by atoms with E-state index in [1.54, 1.807) is 0 Å². The van der Waals surface area contributed by atoms with E-state index in [1.165, 1.54) is 32.1 Å². The Morgan fingerprint density at radius 3 is 2.45 bits per heavy atom. The highest BCUT2D eigenvalue weighted by atomic mass is 35.5. The molecule has 2 aliphatic rings. The van der Waals surface area contributed by atoms with E-state index < -0.39 is 0 Å². The summed E-state index contributed by atoms with van der Waals surface area (Å²) in [7, 11) is 0. The first-order valence-electron chi connectivity index (χ1n) is 4.23. The predicted octanol–water partition coefficient (Wildman–Crippen LogP) is 1.47. The molecule has 1 aliphatic carbocycles. The molecule has 1 saturated carbocycles. The summed E-state index contributed by atoms with van der Waals surface area (Å²) in [5, 5.41) is 0. The molecule has 2 N–H and O–H groups in total. The van der Waals surface area contributed by atoms with Gasteiger partial charge in [-0.2, -0.15) is 0 Å². The second-order valence-electron chi connectivity index (χ2n) is 3.52. The number of hydrogen-bond acceptors (Lipinski definition) is 2. The van der Waals surface area contributed by atoms with Crippen molar-refractivity contribution in [3.63, 3.8) is 0 Å². The van der Waals surface area contributed by atoms with Crippen molar-refractivity contribution in [2.75, 3.05) is 6.61 Å². The zero-order valence-corrected chi connectivity index (χ0v) is 7.53. The molecule has 2 nitrogen and oxygen atoms in total. The normalized spacial score (nSPS) is 42.8. The van der Waals surface area contributed by atoms with Gasteiger partial charge in [0.25, 0.3) is 0 Å². The van der Waals surface area contributed by atoms with E-state index in [0.717, 1.165) is 6.61 Å². The molecular formula is C8H16ClNO. The van der Waals surface area contributed by atoms with Gasteiger partial charge in [-0.15, -0.1) is 12.4 Å². The van der Waals surface area contributed by atoms with Crippen LogP contribution in [0.3, 0.4) is 0 Å². The quantitative estimate of drug-likeness (QED) is 0.608. The molecule has 66 valence electrons. The Balaban J connectivity index is 0.000000605. The van der Waals surface area contributed by atoms with Gasteiger partial charge in [-0.1, -0.05) is 0 Å². The third-order valence-electron chi connectivity index (χ3n) is 2.92. The fourth-order valence-corrected chi connectivity index (χ4v) is 2.28. The zero-order chi connectivity index (χ0) is 7.03. The molecule has 1 saturated heterocycles. The lowest BCUT2D eigenvalue weighted by Crippen LogP contribution is -2.42. The summed E-state index contributed by atoms with van der Waals surface area (Å²) in [4.78, 5) is 0. The van der Waals surface area contributed by atoms with Crippen LogP contribution in [-0.4, -0.2) is 18.2 Å². The second-order valence-corrected chi connectivity index (χ2v) is 3.52. The number of rotatable bonds is 0. The highest BCUT2D eigenvalue weighted by Crippen LogP contribution is 2.39. The first-order chi connectivity index (χ1) is 4.83. The number of halogens is 1. The van der Waals surface area contributed by atoms with E-state index in [4.69, 9.17) is 10.5 Å². The number of nitrogens with two attached hydrogens (primary N) is 1. The monoisotopic (exact) mass is 177 g/mol. The maximum absolute atomic E-state index is 5.95. The van der Waals surface area contributed by atoms with E-state index in [0.29, 0.717) is 6.04 Å². The molecule has 3 heteroatoms. The Morgan fingerprint density at radius 1 is 1.27 bits per heavy atom. The molecule has 2 atom stereocenters. The molecule has 0 amide bonds. The van der Waals surface area contributed by atoms with Crippen LogP contribution in [0.1, 0.15) is 32.1 Å². The van der Waals surface area contributed by atoms with Crippen molar-refractivity contribution in [1.29, 1.82) is 0 Å². The summed E-state index contributed by atoms with van der Waals surface area (Å²) in [6.07, 6.45) is 6.05. The summed E-state index contributed by atoms with van der Waals surface area (Å²) in [5.41, 5.74) is 6.08. The van der Waals surface area contributed by atoms with E-state index in [-0.39, 0.29) is 18.0 Å². The fourth-order valence-electron chi connectivity index (χ4n) is 2.28. The Kier molecular flexibility index (Phi) is 2.79. The van der Waals surface area contributed by atoms with Crippen molar-refractivity contribution in [1.82, 2.24) is 0 Å². The Morgan fingerprint density at radius 2 is 2.00 bits per heavy atom. The molecule has 0 aromatic heterocycles. The summed E-state index contributed by atoms with van der Waals surface area (Å²) >= 11 is 0. The van der Waals surface area contributed by atoms with Gasteiger partial charge in [0.15, 0.2) is 0 Å². The maximum atomic E-state index is 5.95. The molecule has 2 fully saturated rings. The van der Waals surface area contributed by atoms with Crippen LogP contribution in [0.4, 0.5) is 0 Å². The third-order valence-corrected chi connectivity index (χ3v) is 2.92. The molecule has 0 unspecified atom stereocenters. The average Bonchev–Trinajstić information content (AvgIpc) is 2.48. The smallest absolute Gasteiger partial charge is 0.0833 e. The Labute approximate surface area is 73.9 Å². The van der Waals surface area contributed by atoms with Crippen LogP contribution in [0.25, 0.3) is 0 Å². The topological polar surface area (TPSA) is 35.2 Å². The Hall–Kier alpha value is 0.210. The highest BCUT2D eigenvalue weighted by molar-refractivity contribution is 5.85. The van der Waals surface area contributed by atoms with Gasteiger partial charge in [-0.25, -0.2) is 0 Å². The molecule has 0 radical (unpaired) electrons. The van der Waals surface area contributed by atoms with Crippen molar-refractivity contribution < 1.29 is 4.74 Å². The summed E-state index contributed by atoms with van der Waals surface area (Å²) in [5.74, 6) is 0. The molecule has 11 heavy (non-hydrogen) atoms. The van der Waals surface area contributed by atoms with E-state index in [2.05, 4.69) is 0 Å². The lowest BCUT2D eigenvalue weighted by molar-refractivity contribution is -0.00188. The van der Waals surface area contributed by atoms with E-state index in [1.807, 2.05) is 0 Å². The van der Waals surface area contributed by atoms with Crippen LogP contribution < -0.4 is 5.73 Å². The molecule has 0 aromatic carbocycles. The van der Waals surface area contributed by atoms with Crippen LogP contribution in [0.5, 0.6) is 0 Å². The van der Waals surface area contributed by atoms with Gasteiger partial charge >= 0.3 is 0 Å². The summed E-state index contributed by atoms with van der Waals surface area (Å²) in [6, 6.07) is 0.329. The minimum atomic E-state index is 0. The average molecular weight is 178 g/mol. The first kappa shape index (κ1) is 9.30. The van der Waals surface area contributed by atoms with Gasteiger partial charge in [-0.05, 0) is 32.1 Å². The molecule has 1 spiro atoms. The van der Waals surface area contributed by atoms with Gasteiger partial charge < -0.3 is 10.5 Å². The highest BCUT2D eigenvalue weighted by Gasteiger charge is 2.43. The molecule has 0 aromatic rings. The summed E-state index contributed by atoms with van der Waals surface area (Å²) in [6.45, 7) is 0.938. The zero-order valence-electron chi connectivity index (χ0n) is 6.71. The van der Waals surface area contributed by atoms with Crippen LogP contribution >= 0.6 is 12.4 Å². The fraction of sp³-hybridized carbons (Fsp3) is 1.00. The first-order valence-corrected chi connectivity index (χ1v) is 4.23. The van der Waals surface area contributed by atoms with Crippen LogP contribution in [0, 0.1) is 0 Å². The minimum Gasteiger partial charge on any atom is -0.373 e. The SMILES string of the molecule is Cl.N[C@@H]1CCC[C@]12CCCO2. The van der Waals surface area contributed by atoms with Gasteiger partial charge in [0.1, 0.15) is 0 Å².